The summed E-state index contributed by atoms with van der Waals surface area (Å²) in [4.78, 5) is 16.9. The van der Waals surface area contributed by atoms with Gasteiger partial charge in [-0.05, 0) is 60.4 Å². The molecule has 0 atom stereocenters. The second kappa shape index (κ2) is 9.88. The molecule has 0 fully saturated rings. The molecule has 1 amide bonds. The van der Waals surface area contributed by atoms with Crippen molar-refractivity contribution in [2.45, 2.75) is 31.8 Å². The third-order valence-electron chi connectivity index (χ3n) is 5.27. The van der Waals surface area contributed by atoms with Gasteiger partial charge in [0.25, 0.3) is 15.9 Å². The molecule has 8 nitrogen and oxygen atoms in total. The van der Waals surface area contributed by atoms with Crippen LogP contribution < -0.4 is 10.0 Å². The molecule has 0 aliphatic carbocycles. The van der Waals surface area contributed by atoms with E-state index in [1.54, 1.807) is 48.3 Å². The van der Waals surface area contributed by atoms with Crippen LogP contribution in [-0.2, 0) is 23.1 Å². The number of nitrogens with zero attached hydrogens (tertiary/aromatic N) is 3. The first-order valence-corrected chi connectivity index (χ1v) is 12.2. The van der Waals surface area contributed by atoms with Gasteiger partial charge in [-0.15, -0.1) is 0 Å². The van der Waals surface area contributed by atoms with Gasteiger partial charge in [0, 0.05) is 17.8 Å². The summed E-state index contributed by atoms with van der Waals surface area (Å²) in [6.07, 6.45) is 3.14. The third-order valence-corrected chi connectivity index (χ3v) is 6.79. The van der Waals surface area contributed by atoms with E-state index >= 15 is 0 Å². The summed E-state index contributed by atoms with van der Waals surface area (Å²) in [5.74, 6) is -0.297. The van der Waals surface area contributed by atoms with Crippen molar-refractivity contribution in [3.63, 3.8) is 0 Å². The maximum absolute atomic E-state index is 12.9. The number of anilines is 1. The van der Waals surface area contributed by atoms with Crippen molar-refractivity contribution in [1.82, 2.24) is 20.1 Å². The lowest BCUT2D eigenvalue weighted by molar-refractivity contribution is 0.0951. The number of aromatic nitrogens is 3. The topological polar surface area (TPSA) is 106 Å². The van der Waals surface area contributed by atoms with Crippen molar-refractivity contribution in [2.24, 2.45) is 0 Å². The van der Waals surface area contributed by atoms with Gasteiger partial charge in [0.05, 0.1) is 11.4 Å². The number of carbonyl (C=O) groups is 1. The number of amides is 1. The first-order valence-electron chi connectivity index (χ1n) is 10.7. The molecule has 2 N–H and O–H groups in total. The van der Waals surface area contributed by atoms with Gasteiger partial charge in [0.1, 0.15) is 12.7 Å². The number of sulfonamides is 1. The van der Waals surface area contributed by atoms with Crippen molar-refractivity contribution in [2.75, 3.05) is 4.72 Å². The molecule has 0 radical (unpaired) electrons. The number of rotatable bonds is 8. The maximum atomic E-state index is 12.9. The van der Waals surface area contributed by atoms with Crippen LogP contribution >= 0.6 is 0 Å². The van der Waals surface area contributed by atoms with Crippen LogP contribution in [0, 0.1) is 13.8 Å². The van der Waals surface area contributed by atoms with Crippen molar-refractivity contribution < 1.29 is 13.2 Å². The highest BCUT2D eigenvalue weighted by Crippen LogP contribution is 2.21. The van der Waals surface area contributed by atoms with E-state index in [4.69, 9.17) is 0 Å². The lowest BCUT2D eigenvalue weighted by atomic mass is 10.1. The molecule has 9 heteroatoms. The fourth-order valence-corrected chi connectivity index (χ4v) is 4.93. The van der Waals surface area contributed by atoms with E-state index in [-0.39, 0.29) is 10.8 Å². The Bertz CT molecular complexity index is 1420. The van der Waals surface area contributed by atoms with Crippen LogP contribution in [0.15, 0.2) is 84.3 Å². The van der Waals surface area contributed by atoms with Gasteiger partial charge < -0.3 is 5.32 Å². The molecule has 34 heavy (non-hydrogen) atoms. The van der Waals surface area contributed by atoms with E-state index < -0.39 is 10.0 Å². The van der Waals surface area contributed by atoms with Crippen molar-refractivity contribution in [3.05, 3.63) is 107 Å². The van der Waals surface area contributed by atoms with Crippen LogP contribution in [0.25, 0.3) is 0 Å². The minimum absolute atomic E-state index is 0.216. The Balaban J connectivity index is 1.43. The van der Waals surface area contributed by atoms with E-state index in [2.05, 4.69) is 20.1 Å². The number of hydrogen-bond acceptors (Lipinski definition) is 5. The van der Waals surface area contributed by atoms with E-state index in [0.717, 1.165) is 16.7 Å². The van der Waals surface area contributed by atoms with Crippen LogP contribution in [0.3, 0.4) is 0 Å². The Morgan fingerprint density at radius 3 is 2.56 bits per heavy atom. The fourth-order valence-electron chi connectivity index (χ4n) is 3.55. The number of nitrogens with one attached hydrogen (secondary N) is 2. The van der Waals surface area contributed by atoms with Crippen molar-refractivity contribution in [1.29, 1.82) is 0 Å². The van der Waals surface area contributed by atoms with E-state index in [1.165, 1.54) is 12.4 Å². The predicted molar refractivity (Wildman–Crippen MR) is 130 cm³/mol. The van der Waals surface area contributed by atoms with Gasteiger partial charge in [-0.25, -0.2) is 18.1 Å². The molecule has 1 heterocycles. The van der Waals surface area contributed by atoms with Crippen molar-refractivity contribution >= 4 is 21.6 Å². The summed E-state index contributed by atoms with van der Waals surface area (Å²) in [7, 11) is -3.78. The molecular weight excluding hydrogens is 450 g/mol. The Kier molecular flexibility index (Phi) is 6.74. The van der Waals surface area contributed by atoms with Crippen LogP contribution in [0.2, 0.25) is 0 Å². The molecule has 1 aromatic heterocycles. The number of carbonyl (C=O) groups excluding carboxylic acids is 1. The molecular formula is C25H25N5O3S. The lowest BCUT2D eigenvalue weighted by Gasteiger charge is -2.12. The van der Waals surface area contributed by atoms with E-state index in [0.29, 0.717) is 29.9 Å². The monoisotopic (exact) mass is 475 g/mol. The lowest BCUT2D eigenvalue weighted by Crippen LogP contribution is -2.23. The molecule has 3 aromatic carbocycles. The molecule has 0 bridgehead atoms. The molecule has 4 aromatic rings. The minimum atomic E-state index is -3.78. The first kappa shape index (κ1) is 23.2. The van der Waals surface area contributed by atoms with Crippen LogP contribution in [0.4, 0.5) is 5.69 Å². The largest absolute Gasteiger partial charge is 0.348 e. The SMILES string of the molecule is Cc1ccc(C)c(S(=O)(=O)Nc2cccc(C(=O)NCc3cccc(Cn4cncn4)c3)c2)c1. The summed E-state index contributed by atoms with van der Waals surface area (Å²) in [5.41, 5.74) is 4.17. The summed E-state index contributed by atoms with van der Waals surface area (Å²) < 4.78 is 30.1. The zero-order valence-electron chi connectivity index (χ0n) is 18.9. The number of benzene rings is 3. The Morgan fingerprint density at radius 1 is 0.971 bits per heavy atom. The zero-order valence-corrected chi connectivity index (χ0v) is 19.7. The van der Waals surface area contributed by atoms with Crippen LogP contribution in [-0.4, -0.2) is 29.1 Å². The molecule has 0 saturated heterocycles. The Labute approximate surface area is 198 Å². The number of hydrogen-bond donors (Lipinski definition) is 2. The maximum Gasteiger partial charge on any atom is 0.262 e. The van der Waals surface area contributed by atoms with Crippen LogP contribution in [0.5, 0.6) is 0 Å². The van der Waals surface area contributed by atoms with Gasteiger partial charge in [-0.2, -0.15) is 5.10 Å². The molecule has 0 spiro atoms. The fraction of sp³-hybridized carbons (Fsp3) is 0.160. The molecule has 0 aliphatic rings. The second-order valence-electron chi connectivity index (χ2n) is 8.05. The molecule has 0 unspecified atom stereocenters. The molecule has 0 aliphatic heterocycles. The Hall–Kier alpha value is -3.98. The summed E-state index contributed by atoms with van der Waals surface area (Å²) in [5, 5.41) is 6.99. The van der Waals surface area contributed by atoms with Crippen molar-refractivity contribution in [3.8, 4) is 0 Å². The smallest absolute Gasteiger partial charge is 0.262 e. The van der Waals surface area contributed by atoms with Gasteiger partial charge in [0.2, 0.25) is 0 Å². The van der Waals surface area contributed by atoms with Gasteiger partial charge in [0.15, 0.2) is 0 Å². The summed E-state index contributed by atoms with van der Waals surface area (Å²) >= 11 is 0. The third kappa shape index (κ3) is 5.68. The average Bonchev–Trinajstić information content (AvgIpc) is 3.32. The highest BCUT2D eigenvalue weighted by atomic mass is 32.2. The van der Waals surface area contributed by atoms with Gasteiger partial charge in [-0.3, -0.25) is 9.52 Å². The average molecular weight is 476 g/mol. The quantitative estimate of drug-likeness (QED) is 0.404. The number of aryl methyl sites for hydroxylation is 2. The van der Waals surface area contributed by atoms with E-state index in [1.807, 2.05) is 37.3 Å². The van der Waals surface area contributed by atoms with Crippen LogP contribution in [0.1, 0.15) is 32.6 Å². The van der Waals surface area contributed by atoms with Gasteiger partial charge >= 0.3 is 0 Å². The summed E-state index contributed by atoms with van der Waals surface area (Å²) in [6.45, 7) is 4.51. The van der Waals surface area contributed by atoms with E-state index in [9.17, 15) is 13.2 Å². The van der Waals surface area contributed by atoms with Gasteiger partial charge in [-0.1, -0.05) is 42.5 Å². The molecule has 4 rings (SSSR count). The minimum Gasteiger partial charge on any atom is -0.348 e. The standard InChI is InChI=1S/C25H25N5O3S/c1-18-9-10-19(2)24(11-18)34(32,33)29-23-8-4-7-22(13-23)25(31)27-14-20-5-3-6-21(12-20)15-30-17-26-16-28-30/h3-13,16-17,29H,14-15H2,1-2H3,(H,27,31). The highest BCUT2D eigenvalue weighted by molar-refractivity contribution is 7.92. The first-order chi connectivity index (χ1) is 16.3. The zero-order chi connectivity index (χ0) is 24.1. The second-order valence-corrected chi connectivity index (χ2v) is 9.70. The Morgan fingerprint density at radius 2 is 1.76 bits per heavy atom. The molecule has 0 saturated carbocycles. The molecule has 174 valence electrons. The normalized spacial score (nSPS) is 11.2. The predicted octanol–water partition coefficient (Wildman–Crippen LogP) is 3.67. The highest BCUT2D eigenvalue weighted by Gasteiger charge is 2.18. The summed E-state index contributed by atoms with van der Waals surface area (Å²) in [6, 6.07) is 19.5.